The molecule has 1 fully saturated rings. The highest BCUT2D eigenvalue weighted by Crippen LogP contribution is 2.50. The first-order chi connectivity index (χ1) is 16.4. The molecule has 5 nitrogen and oxygen atoms in total. The highest BCUT2D eigenvalue weighted by molar-refractivity contribution is 5.97. The van der Waals surface area contributed by atoms with Gasteiger partial charge in [-0.3, -0.25) is 0 Å². The summed E-state index contributed by atoms with van der Waals surface area (Å²) >= 11 is 0. The number of nitrogens with zero attached hydrogens (tertiary/aromatic N) is 3. The molecular weight excluding hydrogens is 422 g/mol. The van der Waals surface area contributed by atoms with Gasteiger partial charge in [-0.05, 0) is 49.6 Å². The van der Waals surface area contributed by atoms with Crippen molar-refractivity contribution in [3.63, 3.8) is 0 Å². The second kappa shape index (κ2) is 8.71. The summed E-state index contributed by atoms with van der Waals surface area (Å²) in [7, 11) is 8.14. The summed E-state index contributed by atoms with van der Waals surface area (Å²) in [4.78, 5) is 19.8. The van der Waals surface area contributed by atoms with Crippen LogP contribution < -0.4 is 14.7 Å². The molecule has 176 valence electrons. The fourth-order valence-corrected chi connectivity index (χ4v) is 5.31. The van der Waals surface area contributed by atoms with E-state index in [4.69, 9.17) is 4.74 Å². The summed E-state index contributed by atoms with van der Waals surface area (Å²) in [6, 6.07) is 22.8. The van der Waals surface area contributed by atoms with Crippen molar-refractivity contribution >= 4 is 23.0 Å². The van der Waals surface area contributed by atoms with Crippen molar-refractivity contribution in [1.82, 2.24) is 0 Å². The summed E-state index contributed by atoms with van der Waals surface area (Å²) in [6.45, 7) is 2.19. The average molecular weight is 456 g/mol. The fourth-order valence-electron chi connectivity index (χ4n) is 5.31. The summed E-state index contributed by atoms with van der Waals surface area (Å²) in [5.74, 6) is -0.280. The quantitative estimate of drug-likeness (QED) is 0.490. The number of hydrogen-bond acceptors (Lipinski definition) is 5. The number of ether oxygens (including phenoxy) is 1. The highest BCUT2D eigenvalue weighted by Gasteiger charge is 2.49. The normalized spacial score (nSPS) is 19.5. The molecule has 0 spiro atoms. The van der Waals surface area contributed by atoms with E-state index in [1.54, 1.807) is 0 Å². The van der Waals surface area contributed by atoms with Crippen LogP contribution in [0.1, 0.15) is 46.3 Å². The first kappa shape index (κ1) is 22.3. The minimum Gasteiger partial charge on any atom is -0.440 e. The summed E-state index contributed by atoms with van der Waals surface area (Å²) in [5, 5.41) is 0. The summed E-state index contributed by atoms with van der Waals surface area (Å²) < 4.78 is 6.38. The average Bonchev–Trinajstić information content (AvgIpc) is 3.17. The van der Waals surface area contributed by atoms with E-state index in [2.05, 4.69) is 57.2 Å². The number of hydrogen-bond donors (Lipinski definition) is 0. The van der Waals surface area contributed by atoms with Gasteiger partial charge in [0.2, 0.25) is 0 Å². The van der Waals surface area contributed by atoms with Gasteiger partial charge in [0.25, 0.3) is 0 Å². The Morgan fingerprint density at radius 3 is 2.18 bits per heavy atom. The van der Waals surface area contributed by atoms with E-state index in [0.717, 1.165) is 41.2 Å². The van der Waals surface area contributed by atoms with Gasteiger partial charge in [0.05, 0.1) is 5.56 Å². The predicted molar refractivity (Wildman–Crippen MR) is 139 cm³/mol. The molecule has 0 aromatic heterocycles. The minimum atomic E-state index is -1.00. The molecule has 3 aromatic rings. The summed E-state index contributed by atoms with van der Waals surface area (Å²) in [5.41, 5.74) is 5.80. The van der Waals surface area contributed by atoms with E-state index >= 15 is 0 Å². The van der Waals surface area contributed by atoms with Gasteiger partial charge in [0.15, 0.2) is 5.60 Å². The lowest BCUT2D eigenvalue weighted by molar-refractivity contribution is 0.0253. The molecule has 1 unspecified atom stereocenters. The van der Waals surface area contributed by atoms with Crippen molar-refractivity contribution in [2.24, 2.45) is 0 Å². The summed E-state index contributed by atoms with van der Waals surface area (Å²) in [6.07, 6.45) is 3.78. The van der Waals surface area contributed by atoms with Crippen LogP contribution >= 0.6 is 0 Å². The molecule has 34 heavy (non-hydrogen) atoms. The van der Waals surface area contributed by atoms with Gasteiger partial charge in [-0.15, -0.1) is 0 Å². The molecule has 3 aromatic carbocycles. The van der Waals surface area contributed by atoms with Gasteiger partial charge in [-0.25, -0.2) is 4.79 Å². The van der Waals surface area contributed by atoms with Gasteiger partial charge >= 0.3 is 5.97 Å². The lowest BCUT2D eigenvalue weighted by atomic mass is 9.78. The first-order valence-corrected chi connectivity index (χ1v) is 12.1. The molecule has 1 saturated heterocycles. The monoisotopic (exact) mass is 455 g/mol. The largest absolute Gasteiger partial charge is 0.440 e. The van der Waals surface area contributed by atoms with Crippen LogP contribution in [0.3, 0.4) is 0 Å². The van der Waals surface area contributed by atoms with Gasteiger partial charge in [-0.2, -0.15) is 0 Å². The van der Waals surface area contributed by atoms with Gasteiger partial charge in [0, 0.05) is 75.0 Å². The first-order valence-electron chi connectivity index (χ1n) is 12.1. The standard InChI is InChI=1S/C29H33N3O2/c1-30(2)23-16-17-26(27(20-23)31(3)4)29(25-11-7-6-10-24(25)28(33)34-29)21-12-14-22(15-13-21)32-18-8-5-9-19-32/h6-7,10-17,20H,5,8-9,18-19H2,1-4H3. The van der Waals surface area contributed by atoms with E-state index in [0.29, 0.717) is 5.56 Å². The Labute approximate surface area is 202 Å². The zero-order valence-corrected chi connectivity index (χ0v) is 20.5. The van der Waals surface area contributed by atoms with Crippen LogP contribution in [-0.2, 0) is 10.3 Å². The van der Waals surface area contributed by atoms with Crippen LogP contribution in [0.5, 0.6) is 0 Å². The second-order valence-corrected chi connectivity index (χ2v) is 9.70. The Balaban J connectivity index is 1.71. The van der Waals surface area contributed by atoms with E-state index < -0.39 is 5.60 Å². The van der Waals surface area contributed by atoms with E-state index in [1.807, 2.05) is 52.5 Å². The SMILES string of the molecule is CN(C)c1ccc(C2(c3ccc(N4CCCCC4)cc3)OC(=O)c3ccccc32)c(N(C)C)c1. The predicted octanol–water partition coefficient (Wildman–Crippen LogP) is 5.27. The molecule has 2 aliphatic heterocycles. The number of anilines is 3. The zero-order chi connectivity index (χ0) is 23.9. The van der Waals surface area contributed by atoms with Crippen LogP contribution in [0.25, 0.3) is 0 Å². The lowest BCUT2D eigenvalue weighted by Gasteiger charge is -2.35. The molecule has 0 N–H and O–H groups in total. The Bertz CT molecular complexity index is 1200. The lowest BCUT2D eigenvalue weighted by Crippen LogP contribution is -2.32. The Morgan fingerprint density at radius 2 is 1.50 bits per heavy atom. The van der Waals surface area contributed by atoms with Crippen LogP contribution in [-0.4, -0.2) is 47.2 Å². The smallest absolute Gasteiger partial charge is 0.340 e. The number of rotatable bonds is 5. The van der Waals surface area contributed by atoms with E-state index in [-0.39, 0.29) is 5.97 Å². The number of carbonyl (C=O) groups excluding carboxylic acids is 1. The molecule has 0 saturated carbocycles. The number of piperidine rings is 1. The van der Waals surface area contributed by atoms with Crippen LogP contribution in [0.2, 0.25) is 0 Å². The van der Waals surface area contributed by atoms with Crippen molar-refractivity contribution in [2.45, 2.75) is 24.9 Å². The topological polar surface area (TPSA) is 36.0 Å². The third kappa shape index (κ3) is 3.60. The third-order valence-electron chi connectivity index (χ3n) is 7.13. The van der Waals surface area contributed by atoms with Crippen molar-refractivity contribution in [3.8, 4) is 0 Å². The Hall–Kier alpha value is -3.47. The molecule has 0 radical (unpaired) electrons. The maximum Gasteiger partial charge on any atom is 0.340 e. The molecular formula is C29H33N3O2. The number of benzene rings is 3. The van der Waals surface area contributed by atoms with Gasteiger partial charge in [0.1, 0.15) is 0 Å². The number of fused-ring (bicyclic) bond motifs is 1. The van der Waals surface area contributed by atoms with E-state index in [1.165, 1.54) is 24.9 Å². The van der Waals surface area contributed by atoms with Crippen molar-refractivity contribution in [3.05, 3.63) is 89.0 Å². The van der Waals surface area contributed by atoms with Crippen LogP contribution in [0, 0.1) is 0 Å². The number of esters is 1. The molecule has 5 rings (SSSR count). The van der Waals surface area contributed by atoms with Crippen LogP contribution in [0.4, 0.5) is 17.1 Å². The third-order valence-corrected chi connectivity index (χ3v) is 7.13. The Kier molecular flexibility index (Phi) is 5.72. The fraction of sp³-hybridized carbons (Fsp3) is 0.345. The van der Waals surface area contributed by atoms with Crippen molar-refractivity contribution in [2.75, 3.05) is 56.0 Å². The van der Waals surface area contributed by atoms with Gasteiger partial charge in [-0.1, -0.05) is 36.4 Å². The maximum absolute atomic E-state index is 13.1. The molecule has 2 aliphatic rings. The molecule has 5 heteroatoms. The van der Waals surface area contributed by atoms with Gasteiger partial charge < -0.3 is 19.4 Å². The van der Waals surface area contributed by atoms with E-state index in [9.17, 15) is 4.79 Å². The molecule has 0 bridgehead atoms. The zero-order valence-electron chi connectivity index (χ0n) is 20.5. The number of carbonyl (C=O) groups is 1. The minimum absolute atomic E-state index is 0.280. The molecule has 0 aliphatic carbocycles. The molecule has 1 atom stereocenters. The highest BCUT2D eigenvalue weighted by atomic mass is 16.6. The Morgan fingerprint density at radius 1 is 0.794 bits per heavy atom. The molecule has 2 heterocycles. The van der Waals surface area contributed by atoms with Crippen molar-refractivity contribution < 1.29 is 9.53 Å². The molecule has 0 amide bonds. The van der Waals surface area contributed by atoms with Crippen molar-refractivity contribution in [1.29, 1.82) is 0 Å². The number of cyclic esters (lactones) is 1. The maximum atomic E-state index is 13.1. The second-order valence-electron chi connectivity index (χ2n) is 9.70. The van der Waals surface area contributed by atoms with Crippen LogP contribution in [0.15, 0.2) is 66.7 Å².